The van der Waals surface area contributed by atoms with Crippen LogP contribution in [0.4, 0.5) is 0 Å². The molecule has 25 heavy (non-hydrogen) atoms. The number of aromatic nitrogens is 3. The van der Waals surface area contributed by atoms with Gasteiger partial charge in [-0.2, -0.15) is 0 Å². The number of nitrogens with one attached hydrogen (secondary N) is 1. The first-order valence-corrected chi connectivity index (χ1v) is 9.06. The van der Waals surface area contributed by atoms with E-state index in [-0.39, 0.29) is 5.75 Å². The van der Waals surface area contributed by atoms with Crippen LogP contribution in [0.2, 0.25) is 5.02 Å². The minimum Gasteiger partial charge on any atom is -0.508 e. The average Bonchev–Trinajstić information content (AvgIpc) is 3.05. The Labute approximate surface area is 153 Å². The lowest BCUT2D eigenvalue weighted by Crippen LogP contribution is -1.86. The van der Waals surface area contributed by atoms with Crippen LogP contribution < -0.4 is 0 Å². The molecule has 0 aliphatic carbocycles. The number of nitrogens with zero attached hydrogens (tertiary/aromatic N) is 2. The van der Waals surface area contributed by atoms with Gasteiger partial charge in [0.1, 0.15) is 22.7 Å². The highest BCUT2D eigenvalue weighted by Gasteiger charge is 2.10. The maximum Gasteiger partial charge on any atom is 0.142 e. The fourth-order valence-electron chi connectivity index (χ4n) is 2.61. The molecule has 0 saturated carbocycles. The molecule has 6 heteroatoms. The van der Waals surface area contributed by atoms with Gasteiger partial charge < -0.3 is 10.1 Å². The molecule has 0 bridgehead atoms. The molecule has 124 valence electrons. The number of aromatic amines is 1. The van der Waals surface area contributed by atoms with E-state index in [1.54, 1.807) is 30.2 Å². The van der Waals surface area contributed by atoms with Gasteiger partial charge in [-0.25, -0.2) is 9.97 Å². The Balaban J connectivity index is 1.64. The van der Waals surface area contributed by atoms with Gasteiger partial charge in [0.05, 0.1) is 5.39 Å². The summed E-state index contributed by atoms with van der Waals surface area (Å²) >= 11 is 7.70. The average molecular weight is 368 g/mol. The monoisotopic (exact) mass is 367 g/mol. The summed E-state index contributed by atoms with van der Waals surface area (Å²) in [4.78, 5) is 12.1. The number of halogens is 1. The highest BCUT2D eigenvalue weighted by atomic mass is 35.5. The Kier molecular flexibility index (Phi) is 4.34. The lowest BCUT2D eigenvalue weighted by Gasteiger charge is -2.02. The minimum absolute atomic E-state index is 0.248. The van der Waals surface area contributed by atoms with Gasteiger partial charge in [0.2, 0.25) is 0 Å². The Morgan fingerprint density at radius 2 is 1.88 bits per heavy atom. The van der Waals surface area contributed by atoms with Crippen LogP contribution in [0.1, 0.15) is 5.56 Å². The highest BCUT2D eigenvalue weighted by Crippen LogP contribution is 2.31. The van der Waals surface area contributed by atoms with Crippen LogP contribution in [0.25, 0.3) is 22.3 Å². The van der Waals surface area contributed by atoms with Crippen molar-refractivity contribution in [2.24, 2.45) is 0 Å². The lowest BCUT2D eigenvalue weighted by atomic mass is 10.1. The summed E-state index contributed by atoms with van der Waals surface area (Å²) in [5, 5.41) is 12.1. The lowest BCUT2D eigenvalue weighted by molar-refractivity contribution is 0.475. The van der Waals surface area contributed by atoms with Crippen LogP contribution in [0.15, 0.2) is 66.0 Å². The van der Waals surface area contributed by atoms with Crippen molar-refractivity contribution in [3.8, 4) is 17.0 Å². The van der Waals surface area contributed by atoms with E-state index >= 15 is 0 Å². The molecule has 2 N–H and O–H groups in total. The molecular formula is C19H14ClN3OS. The van der Waals surface area contributed by atoms with Crippen molar-refractivity contribution in [1.29, 1.82) is 0 Å². The number of phenols is 1. The standard InChI is InChI=1S/C19H14ClN3OS/c20-14-3-1-2-12(8-14)10-25-19-16-9-17(23-18(16)21-11-22-19)13-4-6-15(24)7-5-13/h1-9,11,24H,10H2,(H,21,22,23). The molecule has 2 aromatic carbocycles. The third-order valence-corrected chi connectivity index (χ3v) is 5.14. The van der Waals surface area contributed by atoms with Crippen molar-refractivity contribution in [1.82, 2.24) is 15.0 Å². The van der Waals surface area contributed by atoms with Crippen LogP contribution in [0.3, 0.4) is 0 Å². The molecule has 0 amide bonds. The number of hydrogen-bond donors (Lipinski definition) is 2. The summed E-state index contributed by atoms with van der Waals surface area (Å²) in [6, 6.07) is 17.0. The molecule has 0 atom stereocenters. The van der Waals surface area contributed by atoms with E-state index in [4.69, 9.17) is 11.6 Å². The van der Waals surface area contributed by atoms with E-state index in [0.717, 1.165) is 43.7 Å². The number of hydrogen-bond acceptors (Lipinski definition) is 4. The highest BCUT2D eigenvalue weighted by molar-refractivity contribution is 7.98. The number of benzene rings is 2. The molecular weight excluding hydrogens is 354 g/mol. The summed E-state index contributed by atoms with van der Waals surface area (Å²) in [6.45, 7) is 0. The Morgan fingerprint density at radius 1 is 1.04 bits per heavy atom. The minimum atomic E-state index is 0.248. The van der Waals surface area contributed by atoms with Gasteiger partial charge >= 0.3 is 0 Å². The molecule has 0 unspecified atom stereocenters. The SMILES string of the molecule is Oc1ccc(-c2cc3c(SCc4cccc(Cl)c4)ncnc3[nH]2)cc1. The maximum absolute atomic E-state index is 9.44. The molecule has 0 aliphatic rings. The summed E-state index contributed by atoms with van der Waals surface area (Å²) in [5.41, 5.74) is 3.88. The zero-order valence-electron chi connectivity index (χ0n) is 13.1. The summed E-state index contributed by atoms with van der Waals surface area (Å²) in [6.07, 6.45) is 1.57. The quantitative estimate of drug-likeness (QED) is 0.380. The molecule has 4 aromatic rings. The van der Waals surface area contributed by atoms with E-state index < -0.39 is 0 Å². The number of thioether (sulfide) groups is 1. The zero-order chi connectivity index (χ0) is 17.2. The van der Waals surface area contributed by atoms with Crippen LogP contribution in [0.5, 0.6) is 5.75 Å². The Bertz CT molecular complexity index is 1030. The fourth-order valence-corrected chi connectivity index (χ4v) is 3.74. The van der Waals surface area contributed by atoms with E-state index in [9.17, 15) is 5.11 Å². The molecule has 4 rings (SSSR count). The topological polar surface area (TPSA) is 61.8 Å². The summed E-state index contributed by atoms with van der Waals surface area (Å²) < 4.78 is 0. The van der Waals surface area contributed by atoms with Crippen molar-refractivity contribution in [2.45, 2.75) is 10.8 Å². The second kappa shape index (κ2) is 6.78. The number of rotatable bonds is 4. The van der Waals surface area contributed by atoms with Gasteiger partial charge in [-0.3, -0.25) is 0 Å². The number of phenolic OH excluding ortho intramolecular Hbond substituents is 1. The van der Waals surface area contributed by atoms with Gasteiger partial charge in [0.25, 0.3) is 0 Å². The van der Waals surface area contributed by atoms with Crippen LogP contribution >= 0.6 is 23.4 Å². The Morgan fingerprint density at radius 3 is 2.68 bits per heavy atom. The molecule has 0 aliphatic heterocycles. The van der Waals surface area contributed by atoms with Gasteiger partial charge in [-0.1, -0.05) is 23.7 Å². The molecule has 2 aromatic heterocycles. The van der Waals surface area contributed by atoms with E-state index in [1.807, 2.05) is 36.4 Å². The van der Waals surface area contributed by atoms with E-state index in [2.05, 4.69) is 21.0 Å². The third kappa shape index (κ3) is 3.48. The normalized spacial score (nSPS) is 11.1. The predicted octanol–water partition coefficient (Wildman–Crippen LogP) is 5.28. The maximum atomic E-state index is 9.44. The van der Waals surface area contributed by atoms with Gasteiger partial charge in [-0.05, 0) is 53.6 Å². The smallest absolute Gasteiger partial charge is 0.142 e. The third-order valence-electron chi connectivity index (χ3n) is 3.83. The van der Waals surface area contributed by atoms with Crippen molar-refractivity contribution in [3.05, 3.63) is 71.5 Å². The van der Waals surface area contributed by atoms with Gasteiger partial charge in [0.15, 0.2) is 0 Å². The first-order chi connectivity index (χ1) is 12.2. The van der Waals surface area contributed by atoms with Crippen molar-refractivity contribution in [3.63, 3.8) is 0 Å². The largest absolute Gasteiger partial charge is 0.508 e. The second-order valence-electron chi connectivity index (χ2n) is 5.59. The van der Waals surface area contributed by atoms with E-state index in [1.165, 1.54) is 0 Å². The number of fused-ring (bicyclic) bond motifs is 1. The number of H-pyrrole nitrogens is 1. The summed E-state index contributed by atoms with van der Waals surface area (Å²) in [5.74, 6) is 1.03. The number of aromatic hydroxyl groups is 1. The van der Waals surface area contributed by atoms with Crippen molar-refractivity contribution in [2.75, 3.05) is 0 Å². The van der Waals surface area contributed by atoms with Gasteiger partial charge in [0, 0.05) is 16.5 Å². The second-order valence-corrected chi connectivity index (χ2v) is 6.99. The first kappa shape index (κ1) is 16.0. The predicted molar refractivity (Wildman–Crippen MR) is 102 cm³/mol. The van der Waals surface area contributed by atoms with Crippen LogP contribution in [-0.2, 0) is 5.75 Å². The summed E-state index contributed by atoms with van der Waals surface area (Å²) in [7, 11) is 0. The fraction of sp³-hybridized carbons (Fsp3) is 0.0526. The van der Waals surface area contributed by atoms with E-state index in [0.29, 0.717) is 0 Å². The molecule has 4 nitrogen and oxygen atoms in total. The van der Waals surface area contributed by atoms with Crippen molar-refractivity contribution < 1.29 is 5.11 Å². The van der Waals surface area contributed by atoms with Crippen molar-refractivity contribution >= 4 is 34.4 Å². The zero-order valence-corrected chi connectivity index (χ0v) is 14.7. The molecule has 0 spiro atoms. The molecule has 0 saturated heterocycles. The first-order valence-electron chi connectivity index (χ1n) is 7.69. The van der Waals surface area contributed by atoms with Gasteiger partial charge in [-0.15, -0.1) is 11.8 Å². The molecule has 0 radical (unpaired) electrons. The van der Waals surface area contributed by atoms with Crippen LogP contribution in [0, 0.1) is 0 Å². The molecule has 2 heterocycles. The molecule has 0 fully saturated rings. The Hall–Kier alpha value is -2.50. The van der Waals surface area contributed by atoms with Crippen LogP contribution in [-0.4, -0.2) is 20.1 Å².